The molecule has 1 heterocycles. The topological polar surface area (TPSA) is 47.6 Å². The Morgan fingerprint density at radius 2 is 2.04 bits per heavy atom. The molecule has 1 N–H and O–H groups in total. The third-order valence-corrected chi connectivity index (χ3v) is 6.42. The van der Waals surface area contributed by atoms with Crippen LogP contribution in [0.2, 0.25) is 0 Å². The van der Waals surface area contributed by atoms with Crippen LogP contribution in [0.25, 0.3) is 0 Å². The van der Waals surface area contributed by atoms with E-state index in [1.165, 1.54) is 5.57 Å². The van der Waals surface area contributed by atoms with Gasteiger partial charge in [-0.1, -0.05) is 57.0 Å². The second-order valence-electron chi connectivity index (χ2n) is 7.95. The normalized spacial score (nSPS) is 33.3. The van der Waals surface area contributed by atoms with Crippen molar-refractivity contribution in [2.24, 2.45) is 23.2 Å². The Kier molecular flexibility index (Phi) is 5.71. The Labute approximate surface area is 157 Å². The van der Waals surface area contributed by atoms with Gasteiger partial charge in [0.15, 0.2) is 0 Å². The van der Waals surface area contributed by atoms with E-state index < -0.39 is 6.09 Å². The van der Waals surface area contributed by atoms with Crippen LogP contribution in [0.3, 0.4) is 0 Å². The van der Waals surface area contributed by atoms with Crippen molar-refractivity contribution in [1.82, 2.24) is 0 Å². The molecule has 1 aliphatic carbocycles. The zero-order chi connectivity index (χ0) is 18.7. The second-order valence-corrected chi connectivity index (χ2v) is 7.95. The zero-order valence-electron chi connectivity index (χ0n) is 16.3. The van der Waals surface area contributed by atoms with Crippen LogP contribution in [-0.2, 0) is 9.47 Å². The summed E-state index contributed by atoms with van der Waals surface area (Å²) in [5.74, 6) is 1.17. The number of allylic oxidation sites excluding steroid dienone is 1. The maximum Gasteiger partial charge on any atom is 0.411 e. The van der Waals surface area contributed by atoms with Gasteiger partial charge in [0, 0.05) is 17.0 Å². The molecule has 26 heavy (non-hydrogen) atoms. The molecule has 4 heteroatoms. The Morgan fingerprint density at radius 1 is 1.31 bits per heavy atom. The van der Waals surface area contributed by atoms with Gasteiger partial charge in [-0.25, -0.2) is 4.79 Å². The molecular formula is C22H31NO3. The molecule has 1 aliphatic heterocycles. The van der Waals surface area contributed by atoms with Gasteiger partial charge in [-0.15, -0.1) is 0 Å². The maximum atomic E-state index is 12.3. The molecule has 1 saturated heterocycles. The predicted octanol–water partition coefficient (Wildman–Crippen LogP) is 5.27. The summed E-state index contributed by atoms with van der Waals surface area (Å²) in [5.41, 5.74) is 2.02. The van der Waals surface area contributed by atoms with Crippen molar-refractivity contribution in [1.29, 1.82) is 0 Å². The summed E-state index contributed by atoms with van der Waals surface area (Å²) in [6.45, 7) is 9.99. The summed E-state index contributed by atoms with van der Waals surface area (Å²) in [6, 6.07) is 9.40. The number of nitrogens with one attached hydrogen (secondary N) is 1. The lowest BCUT2D eigenvalue weighted by molar-refractivity contribution is -0.164. The highest BCUT2D eigenvalue weighted by Gasteiger charge is 2.53. The van der Waals surface area contributed by atoms with Crippen molar-refractivity contribution in [3.8, 4) is 0 Å². The molecule has 0 saturated carbocycles. The molecule has 2 aliphatic rings. The number of carbonyl (C=O) groups is 1. The van der Waals surface area contributed by atoms with E-state index in [0.29, 0.717) is 31.0 Å². The average molecular weight is 357 g/mol. The van der Waals surface area contributed by atoms with E-state index in [1.807, 2.05) is 30.3 Å². The summed E-state index contributed by atoms with van der Waals surface area (Å²) < 4.78 is 12.0. The third-order valence-electron chi connectivity index (χ3n) is 6.42. The number of benzene rings is 1. The molecule has 3 rings (SSSR count). The summed E-state index contributed by atoms with van der Waals surface area (Å²) in [5, 5.41) is 2.80. The van der Waals surface area contributed by atoms with Gasteiger partial charge in [0.05, 0.1) is 12.7 Å². The first kappa shape index (κ1) is 19.0. The van der Waals surface area contributed by atoms with Gasteiger partial charge in [0.1, 0.15) is 6.61 Å². The van der Waals surface area contributed by atoms with Gasteiger partial charge in [0.2, 0.25) is 0 Å². The first-order chi connectivity index (χ1) is 12.5. The average Bonchev–Trinajstić information content (AvgIpc) is 2.61. The van der Waals surface area contributed by atoms with Crippen LogP contribution >= 0.6 is 0 Å². The highest BCUT2D eigenvalue weighted by atomic mass is 16.6. The van der Waals surface area contributed by atoms with Crippen molar-refractivity contribution in [3.05, 3.63) is 42.0 Å². The van der Waals surface area contributed by atoms with Gasteiger partial charge in [-0.2, -0.15) is 0 Å². The molecule has 1 fully saturated rings. The summed E-state index contributed by atoms with van der Waals surface area (Å²) in [7, 11) is 0. The summed E-state index contributed by atoms with van der Waals surface area (Å²) in [4.78, 5) is 12.3. The molecule has 0 spiro atoms. The summed E-state index contributed by atoms with van der Waals surface area (Å²) >= 11 is 0. The largest absolute Gasteiger partial charge is 0.449 e. The number of ether oxygens (including phenoxy) is 2. The van der Waals surface area contributed by atoms with Crippen molar-refractivity contribution >= 4 is 11.8 Å². The van der Waals surface area contributed by atoms with Crippen LogP contribution < -0.4 is 5.32 Å². The van der Waals surface area contributed by atoms with E-state index in [2.05, 4.69) is 39.1 Å². The number of rotatable bonds is 5. The van der Waals surface area contributed by atoms with E-state index in [1.54, 1.807) is 0 Å². The van der Waals surface area contributed by atoms with Crippen LogP contribution in [0.1, 0.15) is 40.5 Å². The monoisotopic (exact) mass is 357 g/mol. The number of hydrogen-bond donors (Lipinski definition) is 1. The van der Waals surface area contributed by atoms with E-state index in [0.717, 1.165) is 18.5 Å². The standard InChI is InChI=1S/C22H31NO3/c1-5-9-19-20-15(2)12-16(3)22(13-25-19,17(20)4)14-26-21(24)23-18-10-7-6-8-11-18/h6-8,10-12,16-17,19-20H,5,9,13-14H2,1-4H3,(H,23,24)/t16-,17+,19-,20-,22+/m0/s1. The Morgan fingerprint density at radius 3 is 2.73 bits per heavy atom. The lowest BCUT2D eigenvalue weighted by Crippen LogP contribution is -2.56. The quantitative estimate of drug-likeness (QED) is 0.730. The maximum absolute atomic E-state index is 12.3. The van der Waals surface area contributed by atoms with Crippen LogP contribution in [0.4, 0.5) is 10.5 Å². The third kappa shape index (κ3) is 3.52. The first-order valence-electron chi connectivity index (χ1n) is 9.76. The van der Waals surface area contributed by atoms with Gasteiger partial charge < -0.3 is 9.47 Å². The zero-order valence-corrected chi connectivity index (χ0v) is 16.3. The molecule has 4 nitrogen and oxygen atoms in total. The Bertz CT molecular complexity index is 657. The number of amides is 1. The molecular weight excluding hydrogens is 326 g/mol. The van der Waals surface area contributed by atoms with Crippen LogP contribution in [0.5, 0.6) is 0 Å². The highest BCUT2D eigenvalue weighted by molar-refractivity contribution is 5.84. The van der Waals surface area contributed by atoms with E-state index in [4.69, 9.17) is 9.47 Å². The molecule has 142 valence electrons. The highest BCUT2D eigenvalue weighted by Crippen LogP contribution is 2.53. The van der Waals surface area contributed by atoms with Gasteiger partial charge in [-0.05, 0) is 37.3 Å². The predicted molar refractivity (Wildman–Crippen MR) is 104 cm³/mol. The number of fused-ring (bicyclic) bond motifs is 2. The number of carbonyl (C=O) groups excluding carboxylic acids is 1. The summed E-state index contributed by atoms with van der Waals surface area (Å²) in [6.07, 6.45) is 4.46. The minimum absolute atomic E-state index is 0.150. The molecule has 0 aromatic heterocycles. The minimum atomic E-state index is -0.400. The van der Waals surface area contributed by atoms with Gasteiger partial charge in [0.25, 0.3) is 0 Å². The van der Waals surface area contributed by atoms with Crippen LogP contribution in [0, 0.1) is 23.2 Å². The Balaban J connectivity index is 1.71. The molecule has 2 bridgehead atoms. The lowest BCUT2D eigenvalue weighted by Gasteiger charge is -2.55. The smallest absolute Gasteiger partial charge is 0.411 e. The first-order valence-corrected chi connectivity index (χ1v) is 9.76. The minimum Gasteiger partial charge on any atom is -0.449 e. The number of hydrogen-bond acceptors (Lipinski definition) is 3. The van der Waals surface area contributed by atoms with Crippen molar-refractivity contribution < 1.29 is 14.3 Å². The number of anilines is 1. The SMILES string of the molecule is CCC[C@@H]1OC[C@]2(COC(=O)Nc3ccccc3)[C@H](C)[C@@H]1C(C)=C[C@@H]2C. The molecule has 0 unspecified atom stereocenters. The number of para-hydroxylation sites is 1. The van der Waals surface area contributed by atoms with E-state index in [9.17, 15) is 4.79 Å². The fourth-order valence-corrected chi connectivity index (χ4v) is 4.81. The molecule has 1 aromatic carbocycles. The molecule has 5 atom stereocenters. The van der Waals surface area contributed by atoms with E-state index >= 15 is 0 Å². The lowest BCUT2D eigenvalue weighted by atomic mass is 9.56. The fraction of sp³-hybridized carbons (Fsp3) is 0.591. The van der Waals surface area contributed by atoms with Crippen LogP contribution in [-0.4, -0.2) is 25.4 Å². The fourth-order valence-electron chi connectivity index (χ4n) is 4.81. The Hall–Kier alpha value is -1.81. The van der Waals surface area contributed by atoms with Crippen molar-refractivity contribution in [2.45, 2.75) is 46.6 Å². The molecule has 1 amide bonds. The molecule has 1 aromatic rings. The van der Waals surface area contributed by atoms with Gasteiger partial charge >= 0.3 is 6.09 Å². The van der Waals surface area contributed by atoms with Gasteiger partial charge in [-0.3, -0.25) is 5.32 Å². The second kappa shape index (κ2) is 7.83. The van der Waals surface area contributed by atoms with E-state index in [-0.39, 0.29) is 11.5 Å². The van der Waals surface area contributed by atoms with Crippen molar-refractivity contribution in [3.63, 3.8) is 0 Å². The van der Waals surface area contributed by atoms with Crippen LogP contribution in [0.15, 0.2) is 42.0 Å². The van der Waals surface area contributed by atoms with Crippen molar-refractivity contribution in [2.75, 3.05) is 18.5 Å². The molecule has 0 radical (unpaired) electrons.